The summed E-state index contributed by atoms with van der Waals surface area (Å²) in [6, 6.07) is 3.67. The van der Waals surface area contributed by atoms with Gasteiger partial charge in [-0.3, -0.25) is 14.3 Å². The molecule has 220 valence electrons. The zero-order valence-electron chi connectivity index (χ0n) is 20.8. The lowest BCUT2D eigenvalue weighted by Crippen LogP contribution is -2.41. The van der Waals surface area contributed by atoms with Gasteiger partial charge in [-0.1, -0.05) is 11.6 Å². The van der Waals surface area contributed by atoms with Crippen LogP contribution in [0.2, 0.25) is 5.02 Å². The molecule has 0 bridgehead atoms. The minimum Gasteiger partial charge on any atom is -0.366 e. The lowest BCUT2D eigenvalue weighted by atomic mass is 9.83. The Labute approximate surface area is 234 Å². The molecule has 0 fully saturated rings. The summed E-state index contributed by atoms with van der Waals surface area (Å²) in [6.07, 6.45) is -9.99. The Bertz CT molecular complexity index is 1830. The van der Waals surface area contributed by atoms with Gasteiger partial charge in [0, 0.05) is 27.1 Å². The van der Waals surface area contributed by atoms with Gasteiger partial charge in [-0.2, -0.15) is 31.4 Å². The average molecular weight is 619 g/mol. The predicted octanol–water partition coefficient (Wildman–Crippen LogP) is 5.56. The Morgan fingerprint density at radius 2 is 1.76 bits per heavy atom. The predicted molar refractivity (Wildman–Crippen MR) is 131 cm³/mol. The van der Waals surface area contributed by atoms with Crippen LogP contribution in [0.15, 0.2) is 36.4 Å². The first-order valence-corrected chi connectivity index (χ1v) is 12.0. The van der Waals surface area contributed by atoms with Crippen LogP contribution >= 0.6 is 11.6 Å². The number of primary amides is 1. The summed E-state index contributed by atoms with van der Waals surface area (Å²) in [6.45, 7) is -0.460. The SMILES string of the molecule is Cc1nn(CC(F)(F)F)c2cc(-c3c(F)cc(C(F)(F)F)cc3C(N)=O)c3c(c12)C(=O)NC3(O)c1cc(F)ccc1Cl. The van der Waals surface area contributed by atoms with Gasteiger partial charge < -0.3 is 16.2 Å². The van der Waals surface area contributed by atoms with Gasteiger partial charge in [0.15, 0.2) is 5.72 Å². The van der Waals surface area contributed by atoms with Crippen molar-refractivity contribution in [2.45, 2.75) is 31.5 Å². The molecule has 4 aromatic rings. The molecule has 5 rings (SSSR count). The summed E-state index contributed by atoms with van der Waals surface area (Å²) in [5, 5.41) is 17.3. The van der Waals surface area contributed by atoms with Crippen LogP contribution < -0.4 is 11.1 Å². The van der Waals surface area contributed by atoms with Gasteiger partial charge in [-0.15, -0.1) is 0 Å². The number of nitrogens with zero attached hydrogens (tertiary/aromatic N) is 2. The molecular formula is C26H15ClF8N4O3. The number of aliphatic hydroxyl groups is 1. The molecule has 1 unspecified atom stereocenters. The molecule has 3 aromatic carbocycles. The third-order valence-electron chi connectivity index (χ3n) is 6.70. The number of benzene rings is 3. The molecule has 2 heterocycles. The number of nitrogens with one attached hydrogen (secondary N) is 1. The zero-order chi connectivity index (χ0) is 31.1. The molecule has 0 saturated carbocycles. The lowest BCUT2D eigenvalue weighted by molar-refractivity contribution is -0.142. The second-order valence-electron chi connectivity index (χ2n) is 9.46. The molecule has 1 aliphatic heterocycles. The number of nitrogens with two attached hydrogens (primary N) is 1. The highest BCUT2D eigenvalue weighted by molar-refractivity contribution is 6.31. The molecule has 4 N–H and O–H groups in total. The minimum absolute atomic E-state index is 0.00897. The Morgan fingerprint density at radius 3 is 2.36 bits per heavy atom. The van der Waals surface area contributed by atoms with Gasteiger partial charge in [0.25, 0.3) is 5.91 Å². The van der Waals surface area contributed by atoms with Crippen molar-refractivity contribution in [2.75, 3.05) is 0 Å². The van der Waals surface area contributed by atoms with Crippen LogP contribution in [0.5, 0.6) is 0 Å². The molecular weight excluding hydrogens is 604 g/mol. The Balaban J connectivity index is 2.00. The van der Waals surface area contributed by atoms with Gasteiger partial charge >= 0.3 is 12.4 Å². The number of alkyl halides is 6. The molecule has 42 heavy (non-hydrogen) atoms. The second kappa shape index (κ2) is 9.39. The maximum Gasteiger partial charge on any atom is 0.416 e. The number of aryl methyl sites for hydroxylation is 1. The second-order valence-corrected chi connectivity index (χ2v) is 9.87. The molecule has 16 heteroatoms. The van der Waals surface area contributed by atoms with E-state index in [4.69, 9.17) is 17.3 Å². The molecule has 1 aromatic heterocycles. The van der Waals surface area contributed by atoms with Crippen molar-refractivity contribution in [3.63, 3.8) is 0 Å². The molecule has 0 saturated heterocycles. The van der Waals surface area contributed by atoms with Crippen molar-refractivity contribution in [2.24, 2.45) is 5.73 Å². The van der Waals surface area contributed by atoms with Crippen LogP contribution in [-0.2, 0) is 18.4 Å². The smallest absolute Gasteiger partial charge is 0.366 e. The summed E-state index contributed by atoms with van der Waals surface area (Å²) < 4.78 is 111. The standard InChI is InChI=1S/C26H15ClF8N4O3/c1-9-18-17(39(38-9)8-24(30,31)32)7-12(19-13(22(36)40)4-10(5-16(19)29)26(33,34)35)21-20(18)23(41)37-25(21,42)14-6-11(28)2-3-15(14)27/h2-7,42H,8H2,1H3,(H2,36,40)(H,37,41). The highest BCUT2D eigenvalue weighted by Gasteiger charge is 2.49. The van der Waals surface area contributed by atoms with Crippen LogP contribution in [0.4, 0.5) is 35.1 Å². The topological polar surface area (TPSA) is 110 Å². The number of rotatable bonds is 4. The fraction of sp³-hybridized carbons (Fsp3) is 0.192. The van der Waals surface area contributed by atoms with Crippen molar-refractivity contribution in [3.05, 3.63) is 86.6 Å². The third kappa shape index (κ3) is 4.61. The van der Waals surface area contributed by atoms with Gasteiger partial charge in [-0.25, -0.2) is 8.78 Å². The quantitative estimate of drug-likeness (QED) is 0.260. The first-order valence-electron chi connectivity index (χ1n) is 11.7. The van der Waals surface area contributed by atoms with Crippen LogP contribution in [0.1, 0.15) is 43.1 Å². The van der Waals surface area contributed by atoms with Crippen molar-refractivity contribution in [3.8, 4) is 11.1 Å². The first kappa shape index (κ1) is 29.3. The monoisotopic (exact) mass is 618 g/mol. The number of halogens is 9. The van der Waals surface area contributed by atoms with Crippen molar-refractivity contribution in [1.82, 2.24) is 15.1 Å². The third-order valence-corrected chi connectivity index (χ3v) is 7.03. The lowest BCUT2D eigenvalue weighted by Gasteiger charge is -2.28. The van der Waals surface area contributed by atoms with Crippen LogP contribution in [0.25, 0.3) is 22.0 Å². The van der Waals surface area contributed by atoms with Crippen molar-refractivity contribution < 1.29 is 49.8 Å². The number of aromatic nitrogens is 2. The van der Waals surface area contributed by atoms with Gasteiger partial charge in [0.2, 0.25) is 5.91 Å². The van der Waals surface area contributed by atoms with Crippen molar-refractivity contribution in [1.29, 1.82) is 0 Å². The average Bonchev–Trinajstić information content (AvgIpc) is 3.30. The normalized spacial score (nSPS) is 17.1. The van der Waals surface area contributed by atoms with E-state index in [0.29, 0.717) is 10.7 Å². The van der Waals surface area contributed by atoms with Crippen LogP contribution in [-0.4, -0.2) is 32.9 Å². The van der Waals surface area contributed by atoms with Crippen LogP contribution in [0, 0.1) is 18.6 Å². The summed E-state index contributed by atoms with van der Waals surface area (Å²) in [5.41, 5.74) is -4.20. The molecule has 2 amide bonds. The highest BCUT2D eigenvalue weighted by atomic mass is 35.5. The molecule has 1 aliphatic rings. The van der Waals surface area contributed by atoms with Gasteiger partial charge in [-0.05, 0) is 48.9 Å². The fourth-order valence-electron chi connectivity index (χ4n) is 5.12. The number of amides is 2. The van der Waals surface area contributed by atoms with Crippen LogP contribution in [0.3, 0.4) is 0 Å². The molecule has 0 spiro atoms. The molecule has 7 nitrogen and oxygen atoms in total. The largest absolute Gasteiger partial charge is 0.416 e. The van der Waals surface area contributed by atoms with Gasteiger partial charge in [0.05, 0.1) is 27.9 Å². The Hall–Kier alpha value is -4.24. The zero-order valence-corrected chi connectivity index (χ0v) is 21.6. The Morgan fingerprint density at radius 1 is 1.10 bits per heavy atom. The highest BCUT2D eigenvalue weighted by Crippen LogP contribution is 2.48. The number of fused-ring (bicyclic) bond motifs is 3. The Kier molecular flexibility index (Phi) is 6.54. The van der Waals surface area contributed by atoms with E-state index in [1.54, 1.807) is 0 Å². The summed E-state index contributed by atoms with van der Waals surface area (Å²) in [7, 11) is 0. The van der Waals surface area contributed by atoms with E-state index in [0.717, 1.165) is 18.2 Å². The molecule has 0 aliphatic carbocycles. The molecule has 0 radical (unpaired) electrons. The van der Waals surface area contributed by atoms with E-state index in [1.165, 1.54) is 6.92 Å². The number of carbonyl (C=O) groups is 2. The summed E-state index contributed by atoms with van der Waals surface area (Å²) in [5.74, 6) is -5.40. The van der Waals surface area contributed by atoms with E-state index >= 15 is 4.39 Å². The van der Waals surface area contributed by atoms with E-state index in [-0.39, 0.29) is 28.2 Å². The number of carbonyl (C=O) groups excluding carboxylic acids is 2. The maximum atomic E-state index is 15.6. The van der Waals surface area contributed by atoms with E-state index in [9.17, 15) is 45.4 Å². The van der Waals surface area contributed by atoms with E-state index in [1.807, 2.05) is 0 Å². The number of hydrogen-bond donors (Lipinski definition) is 3. The van der Waals surface area contributed by atoms with E-state index < -0.39 is 92.5 Å². The summed E-state index contributed by atoms with van der Waals surface area (Å²) in [4.78, 5) is 25.7. The number of hydrogen-bond acceptors (Lipinski definition) is 4. The van der Waals surface area contributed by atoms with E-state index in [2.05, 4.69) is 10.4 Å². The fourth-order valence-corrected chi connectivity index (χ4v) is 5.37. The molecule has 1 atom stereocenters. The van der Waals surface area contributed by atoms with Gasteiger partial charge in [0.1, 0.15) is 18.2 Å². The first-order chi connectivity index (χ1) is 19.3. The summed E-state index contributed by atoms with van der Waals surface area (Å²) >= 11 is 6.20. The maximum absolute atomic E-state index is 15.6. The minimum atomic E-state index is -5.15. The van der Waals surface area contributed by atoms with Crippen molar-refractivity contribution >= 4 is 34.3 Å².